The number of anilines is 1. The van der Waals surface area contributed by atoms with Crippen molar-refractivity contribution in [3.8, 4) is 22.8 Å². The highest BCUT2D eigenvalue weighted by Gasteiger charge is 2.37. The van der Waals surface area contributed by atoms with Crippen LogP contribution in [0.15, 0.2) is 30.6 Å². The zero-order valence-corrected chi connectivity index (χ0v) is 25.1. The van der Waals surface area contributed by atoms with Crippen molar-refractivity contribution in [3.63, 3.8) is 0 Å². The summed E-state index contributed by atoms with van der Waals surface area (Å²) in [4.78, 5) is 32.5. The van der Waals surface area contributed by atoms with E-state index in [1.165, 1.54) is 0 Å². The molecule has 11 nitrogen and oxygen atoms in total. The van der Waals surface area contributed by atoms with Crippen LogP contribution in [0.25, 0.3) is 11.3 Å². The summed E-state index contributed by atoms with van der Waals surface area (Å²) in [6, 6.07) is 4.87. The fourth-order valence-corrected chi connectivity index (χ4v) is 5.73. The molecule has 0 spiro atoms. The van der Waals surface area contributed by atoms with Gasteiger partial charge in [-0.15, -0.1) is 0 Å². The second kappa shape index (κ2) is 13.3. The van der Waals surface area contributed by atoms with Crippen molar-refractivity contribution in [2.24, 2.45) is 7.05 Å². The lowest BCUT2D eigenvalue weighted by Crippen LogP contribution is -2.49. The minimum Gasteiger partial charge on any atom is -0.497 e. The van der Waals surface area contributed by atoms with Crippen LogP contribution in [0, 0.1) is 5.82 Å². The van der Waals surface area contributed by atoms with Crippen molar-refractivity contribution >= 4 is 17.8 Å². The number of ether oxygens (including phenoxy) is 3. The van der Waals surface area contributed by atoms with Crippen molar-refractivity contribution in [2.45, 2.75) is 70.6 Å². The number of aryl methyl sites for hydroxylation is 1. The van der Waals surface area contributed by atoms with Gasteiger partial charge in [0.1, 0.15) is 11.5 Å². The molecule has 0 unspecified atom stereocenters. The number of hydrogen-bond donors (Lipinski definition) is 2. The summed E-state index contributed by atoms with van der Waals surface area (Å²) in [7, 11) is 4.90. The zero-order valence-electron chi connectivity index (χ0n) is 25.1. The SMILES string of the molecule is CCCCOC(=O)N[C@@H]1CCCC[C@@H]1Nc1nc(-c2cnn(C)c2)c2c(c1F)CN(Cc1ccc(OC)cc1OC)C2=O. The van der Waals surface area contributed by atoms with Gasteiger partial charge in [0, 0.05) is 48.6 Å². The summed E-state index contributed by atoms with van der Waals surface area (Å²) in [6.45, 7) is 2.67. The summed E-state index contributed by atoms with van der Waals surface area (Å²) in [6.07, 6.45) is 7.95. The quantitative estimate of drug-likeness (QED) is 0.296. The number of carbonyl (C=O) groups is 2. The molecule has 1 fully saturated rings. The van der Waals surface area contributed by atoms with Crippen molar-refractivity contribution in [1.82, 2.24) is 25.0 Å². The van der Waals surface area contributed by atoms with E-state index in [1.54, 1.807) is 55.4 Å². The van der Waals surface area contributed by atoms with Crippen LogP contribution in [0.2, 0.25) is 0 Å². The molecule has 2 atom stereocenters. The molecular formula is C31H39FN6O5. The number of aromatic nitrogens is 3. The summed E-state index contributed by atoms with van der Waals surface area (Å²) in [5.41, 5.74) is 2.23. The fourth-order valence-electron chi connectivity index (χ4n) is 5.73. The summed E-state index contributed by atoms with van der Waals surface area (Å²) in [5.74, 6) is 0.353. The van der Waals surface area contributed by atoms with Crippen LogP contribution in [0.4, 0.5) is 15.0 Å². The largest absolute Gasteiger partial charge is 0.497 e. The second-order valence-electron chi connectivity index (χ2n) is 11.0. The lowest BCUT2D eigenvalue weighted by atomic mass is 9.90. The summed E-state index contributed by atoms with van der Waals surface area (Å²) in [5, 5.41) is 10.5. The molecule has 2 aromatic heterocycles. The molecule has 1 aromatic carbocycles. The molecule has 2 aliphatic rings. The predicted octanol–water partition coefficient (Wildman–Crippen LogP) is 5.04. The maximum atomic E-state index is 16.3. The predicted molar refractivity (Wildman–Crippen MR) is 159 cm³/mol. The Morgan fingerprint density at radius 3 is 2.65 bits per heavy atom. The zero-order chi connectivity index (χ0) is 30.5. The van der Waals surface area contributed by atoms with Gasteiger partial charge in [0.05, 0.1) is 50.9 Å². The molecule has 3 heterocycles. The Morgan fingerprint density at radius 2 is 1.95 bits per heavy atom. The second-order valence-corrected chi connectivity index (χ2v) is 11.0. The van der Waals surface area contributed by atoms with Gasteiger partial charge in [-0.05, 0) is 31.4 Å². The molecule has 230 valence electrons. The van der Waals surface area contributed by atoms with Crippen LogP contribution in [0.3, 0.4) is 0 Å². The van der Waals surface area contributed by atoms with Gasteiger partial charge < -0.3 is 29.7 Å². The third-order valence-electron chi connectivity index (χ3n) is 8.04. The number of fused-ring (bicyclic) bond motifs is 1. The van der Waals surface area contributed by atoms with Crippen LogP contribution in [-0.4, -0.2) is 64.6 Å². The summed E-state index contributed by atoms with van der Waals surface area (Å²) >= 11 is 0. The van der Waals surface area contributed by atoms with Crippen molar-refractivity contribution < 1.29 is 28.2 Å². The highest BCUT2D eigenvalue weighted by atomic mass is 19.1. The molecule has 12 heteroatoms. The van der Waals surface area contributed by atoms with E-state index in [0.717, 1.165) is 44.1 Å². The summed E-state index contributed by atoms with van der Waals surface area (Å²) < 4.78 is 34.0. The number of nitrogens with one attached hydrogen (secondary N) is 2. The van der Waals surface area contributed by atoms with E-state index in [9.17, 15) is 9.59 Å². The molecule has 2 amide bonds. The Balaban J connectivity index is 1.45. The van der Waals surface area contributed by atoms with E-state index in [4.69, 9.17) is 14.2 Å². The van der Waals surface area contributed by atoms with E-state index in [2.05, 4.69) is 20.7 Å². The van der Waals surface area contributed by atoms with Gasteiger partial charge >= 0.3 is 6.09 Å². The minimum absolute atomic E-state index is 0.0485. The van der Waals surface area contributed by atoms with Gasteiger partial charge in [0.2, 0.25) is 0 Å². The maximum absolute atomic E-state index is 16.3. The van der Waals surface area contributed by atoms with Gasteiger partial charge in [-0.2, -0.15) is 5.10 Å². The van der Waals surface area contributed by atoms with Crippen molar-refractivity contribution in [3.05, 3.63) is 53.1 Å². The molecule has 1 aliphatic carbocycles. The topological polar surface area (TPSA) is 120 Å². The number of nitrogens with zero attached hydrogens (tertiary/aromatic N) is 4. The Labute approximate surface area is 250 Å². The first-order valence-electron chi connectivity index (χ1n) is 14.7. The Bertz CT molecular complexity index is 1480. The maximum Gasteiger partial charge on any atom is 0.407 e. The van der Waals surface area contributed by atoms with Crippen LogP contribution in [-0.2, 0) is 24.9 Å². The van der Waals surface area contributed by atoms with Crippen LogP contribution < -0.4 is 20.1 Å². The number of rotatable bonds is 11. The standard InChI is InChI=1S/C31H39FN6O5/c1-5-6-13-43-31(40)35-24-10-8-7-9-23(24)34-29-27(32)22-18-38(17-19-11-12-21(41-3)14-25(19)42-4)30(39)26(22)28(36-29)20-15-33-37(2)16-20/h11-12,14-16,23-24H,5-10,13,17-18H2,1-4H3,(H,34,36)(H,35,40)/t23-,24+/m0/s1. The lowest BCUT2D eigenvalue weighted by Gasteiger charge is -2.33. The molecule has 1 saturated carbocycles. The number of carbonyl (C=O) groups excluding carboxylic acids is 2. The van der Waals surface area contributed by atoms with E-state index in [0.29, 0.717) is 29.4 Å². The smallest absolute Gasteiger partial charge is 0.407 e. The number of hydrogen-bond acceptors (Lipinski definition) is 8. The molecular weight excluding hydrogens is 555 g/mol. The van der Waals surface area contributed by atoms with Crippen LogP contribution in [0.5, 0.6) is 11.5 Å². The minimum atomic E-state index is -0.574. The number of benzene rings is 1. The van der Waals surface area contributed by atoms with E-state index >= 15 is 4.39 Å². The van der Waals surface area contributed by atoms with E-state index in [1.807, 2.05) is 13.0 Å². The van der Waals surface area contributed by atoms with Gasteiger partial charge in [-0.1, -0.05) is 26.2 Å². The lowest BCUT2D eigenvalue weighted by molar-refractivity contribution is 0.0765. The molecule has 1 aliphatic heterocycles. The Morgan fingerprint density at radius 1 is 1.16 bits per heavy atom. The number of halogens is 1. The van der Waals surface area contributed by atoms with Gasteiger partial charge in [0.15, 0.2) is 11.6 Å². The monoisotopic (exact) mass is 594 g/mol. The third kappa shape index (κ3) is 6.52. The third-order valence-corrected chi connectivity index (χ3v) is 8.04. The first kappa shape index (κ1) is 30.1. The van der Waals surface area contributed by atoms with Crippen molar-refractivity contribution in [1.29, 1.82) is 0 Å². The molecule has 0 saturated heterocycles. The van der Waals surface area contributed by atoms with E-state index < -0.39 is 11.9 Å². The van der Waals surface area contributed by atoms with Gasteiger partial charge in [-0.25, -0.2) is 14.2 Å². The number of methoxy groups -OCH3 is 2. The number of alkyl carbamates (subject to hydrolysis) is 1. The molecule has 2 N–H and O–H groups in total. The highest BCUT2D eigenvalue weighted by Crippen LogP contribution is 2.38. The van der Waals surface area contributed by atoms with Gasteiger partial charge in [-0.3, -0.25) is 9.48 Å². The highest BCUT2D eigenvalue weighted by molar-refractivity contribution is 6.04. The van der Waals surface area contributed by atoms with Gasteiger partial charge in [0.25, 0.3) is 5.91 Å². The molecule has 0 bridgehead atoms. The van der Waals surface area contributed by atoms with Crippen LogP contribution >= 0.6 is 0 Å². The first-order valence-corrected chi connectivity index (χ1v) is 14.7. The van der Waals surface area contributed by atoms with Crippen molar-refractivity contribution in [2.75, 3.05) is 26.1 Å². The average molecular weight is 595 g/mol. The molecule has 0 radical (unpaired) electrons. The Kier molecular flexibility index (Phi) is 9.32. The Hall–Kier alpha value is -4.35. The van der Waals surface area contributed by atoms with E-state index in [-0.39, 0.29) is 48.0 Å². The first-order chi connectivity index (χ1) is 20.8. The normalized spacial score (nSPS) is 17.9. The number of pyridine rings is 1. The fraction of sp³-hybridized carbons (Fsp3) is 0.484. The number of unbranched alkanes of at least 4 members (excludes halogenated alkanes) is 1. The van der Waals surface area contributed by atoms with Crippen LogP contribution in [0.1, 0.15) is 66.9 Å². The molecule has 43 heavy (non-hydrogen) atoms. The number of amides is 2. The average Bonchev–Trinajstić information content (AvgIpc) is 3.59. The molecule has 3 aromatic rings. The molecule has 5 rings (SSSR count).